The molecule has 1 heterocycles. The van der Waals surface area contributed by atoms with Gasteiger partial charge in [0.1, 0.15) is 24.4 Å². The Balaban J connectivity index is 3.26. The third-order valence-corrected chi connectivity index (χ3v) is 3.96. The van der Waals surface area contributed by atoms with E-state index >= 15 is 0 Å². The van der Waals surface area contributed by atoms with E-state index in [1.165, 1.54) is 6.92 Å². The number of nitrogens with two attached hydrogens (primary N) is 1. The summed E-state index contributed by atoms with van der Waals surface area (Å²) < 4.78 is 5.16. The van der Waals surface area contributed by atoms with Crippen LogP contribution >= 0.6 is 0 Å². The van der Waals surface area contributed by atoms with Crippen LogP contribution in [0.4, 0.5) is 0 Å². The number of ether oxygens (including phenoxy) is 1. The highest BCUT2D eigenvalue weighted by molar-refractivity contribution is 5.86. The number of nitrogens with one attached hydrogen (secondary N) is 2. The molecule has 0 saturated heterocycles. The zero-order chi connectivity index (χ0) is 20.9. The van der Waals surface area contributed by atoms with Gasteiger partial charge in [-0.2, -0.15) is 0 Å². The van der Waals surface area contributed by atoms with Crippen LogP contribution in [0.3, 0.4) is 0 Å². The minimum atomic E-state index is -1.79. The largest absolute Gasteiger partial charge is 0.478 e. The fourth-order valence-corrected chi connectivity index (χ4v) is 2.48. The monoisotopic (exact) mass is 391 g/mol. The predicted molar refractivity (Wildman–Crippen MR) is 88.9 cm³/mol. The molecule has 12 heteroatoms. The lowest BCUT2D eigenvalue weighted by Gasteiger charge is -2.40. The van der Waals surface area contributed by atoms with Crippen molar-refractivity contribution in [2.24, 2.45) is 5.73 Å². The van der Waals surface area contributed by atoms with Crippen LogP contribution in [0.5, 0.6) is 0 Å². The summed E-state index contributed by atoms with van der Waals surface area (Å²) in [5, 5.41) is 52.3. The van der Waals surface area contributed by atoms with Crippen molar-refractivity contribution >= 4 is 17.8 Å². The quantitative estimate of drug-likeness (QED) is 0.200. The standard InChI is InChI=1S/C15H25N3O9/c1-5(20)10(16)14(24)18-7-3-9(15(25)26)27-13(11(7)17-6(2)21)12(23)8(22)4-19/h3,5,7-8,10-13,19-20,22-23H,4,16H2,1-2H3,(H,17,21)(H,18,24)(H,25,26)/t5-,7+,8-,10+,11-,12-,13-/m1/s1. The van der Waals surface area contributed by atoms with Gasteiger partial charge in [0.05, 0.1) is 24.8 Å². The summed E-state index contributed by atoms with van der Waals surface area (Å²) in [6, 6.07) is -3.73. The molecular weight excluding hydrogens is 366 g/mol. The average Bonchev–Trinajstić information content (AvgIpc) is 2.59. The fraction of sp³-hybridized carbons (Fsp3) is 0.667. The molecule has 0 fully saturated rings. The van der Waals surface area contributed by atoms with Crippen LogP contribution in [-0.4, -0.2) is 92.5 Å². The first-order chi connectivity index (χ1) is 12.5. The van der Waals surface area contributed by atoms with Crippen molar-refractivity contribution < 1.29 is 44.7 Å². The second kappa shape index (κ2) is 9.62. The second-order valence-corrected chi connectivity index (χ2v) is 6.19. The molecule has 0 aromatic heterocycles. The van der Waals surface area contributed by atoms with Crippen LogP contribution < -0.4 is 16.4 Å². The maximum Gasteiger partial charge on any atom is 0.370 e. The molecule has 12 nitrogen and oxygen atoms in total. The summed E-state index contributed by atoms with van der Waals surface area (Å²) >= 11 is 0. The van der Waals surface area contributed by atoms with Gasteiger partial charge in [-0.15, -0.1) is 0 Å². The molecule has 0 unspecified atom stereocenters. The van der Waals surface area contributed by atoms with E-state index in [2.05, 4.69) is 10.6 Å². The number of hydrogen-bond donors (Lipinski definition) is 8. The molecule has 0 aromatic rings. The SMILES string of the molecule is CC(=O)N[C@H]1[C@H]([C@H](O)[C@H](O)CO)OC(C(=O)O)=C[C@@H]1NC(=O)[C@@H](N)[C@@H](C)O. The van der Waals surface area contributed by atoms with Gasteiger partial charge >= 0.3 is 5.97 Å². The number of carboxylic acids is 1. The van der Waals surface area contributed by atoms with Gasteiger partial charge < -0.3 is 46.6 Å². The van der Waals surface area contributed by atoms with Gasteiger partial charge in [0.2, 0.25) is 17.6 Å². The van der Waals surface area contributed by atoms with Crippen molar-refractivity contribution in [3.8, 4) is 0 Å². The maximum atomic E-state index is 12.1. The molecule has 7 atom stereocenters. The number of carboxylic acid groups (broad SMARTS) is 1. The first-order valence-electron chi connectivity index (χ1n) is 8.09. The van der Waals surface area contributed by atoms with Crippen LogP contribution in [0, 0.1) is 0 Å². The predicted octanol–water partition coefficient (Wildman–Crippen LogP) is -4.23. The molecule has 0 saturated carbocycles. The van der Waals surface area contributed by atoms with Crippen molar-refractivity contribution in [2.45, 2.75) is 56.4 Å². The minimum Gasteiger partial charge on any atom is -0.478 e. The summed E-state index contributed by atoms with van der Waals surface area (Å²) in [7, 11) is 0. The van der Waals surface area contributed by atoms with Crippen LogP contribution in [0.2, 0.25) is 0 Å². The molecule has 0 aromatic carbocycles. The molecule has 1 rings (SSSR count). The third-order valence-electron chi connectivity index (χ3n) is 3.96. The minimum absolute atomic E-state index is 0.592. The first-order valence-corrected chi connectivity index (χ1v) is 8.09. The summed E-state index contributed by atoms with van der Waals surface area (Å²) in [6.45, 7) is 1.56. The molecule has 0 aliphatic carbocycles. The number of aliphatic hydroxyl groups is 4. The smallest absolute Gasteiger partial charge is 0.370 e. The van der Waals surface area contributed by atoms with Crippen LogP contribution in [0.15, 0.2) is 11.8 Å². The molecule has 0 spiro atoms. The van der Waals surface area contributed by atoms with E-state index in [1.807, 2.05) is 0 Å². The highest BCUT2D eigenvalue weighted by Gasteiger charge is 2.44. The second-order valence-electron chi connectivity index (χ2n) is 6.19. The van der Waals surface area contributed by atoms with Crippen LogP contribution in [0.1, 0.15) is 13.8 Å². The van der Waals surface area contributed by atoms with Crippen molar-refractivity contribution in [1.82, 2.24) is 10.6 Å². The Morgan fingerprint density at radius 3 is 2.30 bits per heavy atom. The fourth-order valence-electron chi connectivity index (χ4n) is 2.48. The molecule has 2 amide bonds. The molecule has 0 bridgehead atoms. The number of hydrogen-bond acceptors (Lipinski definition) is 9. The average molecular weight is 391 g/mol. The van der Waals surface area contributed by atoms with Gasteiger partial charge in [-0.25, -0.2) is 4.79 Å². The lowest BCUT2D eigenvalue weighted by Crippen LogP contribution is -2.65. The van der Waals surface area contributed by atoms with E-state index in [1.54, 1.807) is 0 Å². The normalized spacial score (nSPS) is 26.6. The van der Waals surface area contributed by atoms with E-state index in [-0.39, 0.29) is 0 Å². The van der Waals surface area contributed by atoms with E-state index < -0.39 is 72.7 Å². The van der Waals surface area contributed by atoms with Gasteiger partial charge in [-0.3, -0.25) is 9.59 Å². The summed E-state index contributed by atoms with van der Waals surface area (Å²) in [6.07, 6.45) is -5.22. The van der Waals surface area contributed by atoms with Crippen molar-refractivity contribution in [2.75, 3.05) is 6.61 Å². The third kappa shape index (κ3) is 5.87. The summed E-state index contributed by atoms with van der Waals surface area (Å²) in [5.41, 5.74) is 5.54. The zero-order valence-electron chi connectivity index (χ0n) is 14.8. The zero-order valence-corrected chi connectivity index (χ0v) is 14.8. The van der Waals surface area contributed by atoms with Gasteiger partial charge in [0.25, 0.3) is 0 Å². The van der Waals surface area contributed by atoms with Gasteiger partial charge in [0.15, 0.2) is 0 Å². The number of amides is 2. The Morgan fingerprint density at radius 2 is 1.85 bits per heavy atom. The van der Waals surface area contributed by atoms with Crippen LogP contribution in [-0.2, 0) is 19.1 Å². The molecular formula is C15H25N3O9. The Kier molecular flexibility index (Phi) is 8.12. The molecule has 154 valence electrons. The number of carbonyl (C=O) groups is 3. The van der Waals surface area contributed by atoms with Gasteiger partial charge in [0, 0.05) is 6.92 Å². The van der Waals surface area contributed by atoms with E-state index in [4.69, 9.17) is 15.6 Å². The molecule has 1 aliphatic rings. The molecule has 1 aliphatic heterocycles. The molecule has 27 heavy (non-hydrogen) atoms. The number of rotatable bonds is 8. The van der Waals surface area contributed by atoms with Crippen molar-refractivity contribution in [1.29, 1.82) is 0 Å². The number of carbonyl (C=O) groups excluding carboxylic acids is 2. The van der Waals surface area contributed by atoms with E-state index in [0.717, 1.165) is 13.0 Å². The number of aliphatic carboxylic acids is 1. The Bertz CT molecular complexity index is 595. The van der Waals surface area contributed by atoms with Crippen LogP contribution in [0.25, 0.3) is 0 Å². The Hall–Kier alpha value is -2.25. The molecule has 0 radical (unpaired) electrons. The topological polar surface area (TPSA) is 212 Å². The summed E-state index contributed by atoms with van der Waals surface area (Å²) in [4.78, 5) is 35.0. The first kappa shape index (κ1) is 22.8. The van der Waals surface area contributed by atoms with Crippen molar-refractivity contribution in [3.63, 3.8) is 0 Å². The highest BCUT2D eigenvalue weighted by atomic mass is 16.5. The van der Waals surface area contributed by atoms with Crippen molar-refractivity contribution in [3.05, 3.63) is 11.8 Å². The maximum absolute atomic E-state index is 12.1. The van der Waals surface area contributed by atoms with Gasteiger partial charge in [-0.1, -0.05) is 0 Å². The Labute approximate surface area is 154 Å². The lowest BCUT2D eigenvalue weighted by atomic mass is 9.91. The highest BCUT2D eigenvalue weighted by Crippen LogP contribution is 2.23. The lowest BCUT2D eigenvalue weighted by molar-refractivity contribution is -0.147. The van der Waals surface area contributed by atoms with Gasteiger partial charge in [-0.05, 0) is 13.0 Å². The van der Waals surface area contributed by atoms with E-state index in [9.17, 15) is 34.8 Å². The van der Waals surface area contributed by atoms with E-state index in [0.29, 0.717) is 0 Å². The Morgan fingerprint density at radius 1 is 1.26 bits per heavy atom. The molecule has 9 N–H and O–H groups in total. The number of aliphatic hydroxyl groups excluding tert-OH is 4. The summed E-state index contributed by atoms with van der Waals surface area (Å²) in [5.74, 6) is -3.61.